The van der Waals surface area contributed by atoms with Gasteiger partial charge in [0.2, 0.25) is 0 Å². The van der Waals surface area contributed by atoms with Gasteiger partial charge in [0.1, 0.15) is 11.4 Å². The van der Waals surface area contributed by atoms with Crippen LogP contribution in [0.1, 0.15) is 33.3 Å². The first-order chi connectivity index (χ1) is 13.2. The van der Waals surface area contributed by atoms with E-state index < -0.39 is 5.60 Å². The van der Waals surface area contributed by atoms with Crippen LogP contribution >= 0.6 is 0 Å². The Kier molecular flexibility index (Phi) is 4.48. The Morgan fingerprint density at radius 1 is 0.786 bits per heavy atom. The molecule has 0 atom stereocenters. The van der Waals surface area contributed by atoms with Gasteiger partial charge in [0.25, 0.3) is 0 Å². The quantitative estimate of drug-likeness (QED) is 0.849. The SMILES string of the molecule is CC1(C)[C@H](N2CCN(c3ccccc3)CC2)C(C)(C)[C@@]1(O)c1ccc(O)cc1. The molecule has 4 nitrogen and oxygen atoms in total. The van der Waals surface area contributed by atoms with E-state index in [9.17, 15) is 10.2 Å². The number of para-hydroxylation sites is 1. The van der Waals surface area contributed by atoms with Crippen LogP contribution in [0, 0.1) is 10.8 Å². The lowest BCUT2D eigenvalue weighted by atomic mass is 9.39. The highest BCUT2D eigenvalue weighted by Crippen LogP contribution is 2.68. The minimum atomic E-state index is -0.936. The standard InChI is InChI=1S/C24H32N2O2/c1-22(2)21(23(3,4)24(22,28)18-10-12-20(27)13-11-18)26-16-14-25(15-17-26)19-8-6-5-7-9-19/h5-13,21,27-28H,14-17H2,1-4H3/t21-,24+. The van der Waals surface area contributed by atoms with Crippen molar-refractivity contribution in [1.29, 1.82) is 0 Å². The van der Waals surface area contributed by atoms with Crippen molar-refractivity contribution < 1.29 is 10.2 Å². The molecule has 2 aromatic rings. The molecular formula is C24H32N2O2. The Labute approximate surface area is 168 Å². The number of hydrogen-bond donors (Lipinski definition) is 2. The predicted molar refractivity (Wildman–Crippen MR) is 114 cm³/mol. The van der Waals surface area contributed by atoms with Gasteiger partial charge in [0.15, 0.2) is 0 Å². The van der Waals surface area contributed by atoms with Gasteiger partial charge >= 0.3 is 0 Å². The monoisotopic (exact) mass is 380 g/mol. The molecule has 4 heteroatoms. The highest BCUT2D eigenvalue weighted by atomic mass is 16.3. The lowest BCUT2D eigenvalue weighted by molar-refractivity contribution is -0.307. The lowest BCUT2D eigenvalue weighted by Crippen LogP contribution is -2.79. The number of anilines is 1. The maximum Gasteiger partial charge on any atom is 0.115 e. The molecule has 0 bridgehead atoms. The summed E-state index contributed by atoms with van der Waals surface area (Å²) in [6.45, 7) is 12.7. The molecule has 0 radical (unpaired) electrons. The number of benzene rings is 2. The minimum Gasteiger partial charge on any atom is -0.508 e. The van der Waals surface area contributed by atoms with Gasteiger partial charge in [-0.3, -0.25) is 4.90 Å². The maximum absolute atomic E-state index is 11.8. The largest absolute Gasteiger partial charge is 0.508 e. The van der Waals surface area contributed by atoms with Crippen molar-refractivity contribution >= 4 is 5.69 Å². The molecule has 150 valence electrons. The van der Waals surface area contributed by atoms with Crippen molar-refractivity contribution in [2.45, 2.75) is 39.3 Å². The smallest absolute Gasteiger partial charge is 0.115 e. The van der Waals surface area contributed by atoms with Crippen molar-refractivity contribution in [1.82, 2.24) is 4.90 Å². The van der Waals surface area contributed by atoms with Gasteiger partial charge in [-0.15, -0.1) is 0 Å². The van der Waals surface area contributed by atoms with Crippen LogP contribution in [-0.2, 0) is 5.60 Å². The summed E-state index contributed by atoms with van der Waals surface area (Å²) >= 11 is 0. The van der Waals surface area contributed by atoms with Crippen molar-refractivity contribution in [3.8, 4) is 5.75 Å². The molecule has 1 aliphatic carbocycles. The Balaban J connectivity index is 1.54. The van der Waals surface area contributed by atoms with Crippen molar-refractivity contribution in [2.75, 3.05) is 31.1 Å². The first-order valence-electron chi connectivity index (χ1n) is 10.3. The van der Waals surface area contributed by atoms with Crippen LogP contribution in [-0.4, -0.2) is 47.3 Å². The number of nitrogens with zero attached hydrogens (tertiary/aromatic N) is 2. The summed E-state index contributed by atoms with van der Waals surface area (Å²) in [6, 6.07) is 18.0. The number of aromatic hydroxyl groups is 1. The van der Waals surface area contributed by atoms with Crippen LogP contribution in [0.25, 0.3) is 0 Å². The molecule has 0 aromatic heterocycles. The molecule has 0 amide bonds. The molecule has 2 aliphatic rings. The predicted octanol–water partition coefficient (Wildman–Crippen LogP) is 3.84. The van der Waals surface area contributed by atoms with Gasteiger partial charge in [-0.2, -0.15) is 0 Å². The van der Waals surface area contributed by atoms with Crippen molar-refractivity contribution in [3.05, 3.63) is 60.2 Å². The van der Waals surface area contributed by atoms with E-state index in [1.165, 1.54) is 5.69 Å². The van der Waals surface area contributed by atoms with Gasteiger partial charge in [-0.25, -0.2) is 0 Å². The van der Waals surface area contributed by atoms with Crippen molar-refractivity contribution in [2.24, 2.45) is 10.8 Å². The fraction of sp³-hybridized carbons (Fsp3) is 0.500. The molecule has 1 heterocycles. The van der Waals surface area contributed by atoms with Crippen LogP contribution in [0.4, 0.5) is 5.69 Å². The minimum absolute atomic E-state index is 0.232. The molecule has 1 saturated heterocycles. The van der Waals surface area contributed by atoms with E-state index in [4.69, 9.17) is 0 Å². The van der Waals surface area contributed by atoms with Gasteiger partial charge in [0.05, 0.1) is 0 Å². The molecule has 28 heavy (non-hydrogen) atoms. The number of phenols is 1. The zero-order valence-corrected chi connectivity index (χ0v) is 17.4. The zero-order valence-electron chi connectivity index (χ0n) is 17.4. The highest BCUT2D eigenvalue weighted by Gasteiger charge is 2.73. The number of piperazine rings is 1. The van der Waals surface area contributed by atoms with Gasteiger partial charge in [-0.05, 0) is 29.8 Å². The number of aliphatic hydroxyl groups is 1. The van der Waals surface area contributed by atoms with E-state index in [1.807, 2.05) is 12.1 Å². The van der Waals surface area contributed by atoms with Crippen LogP contribution in [0.5, 0.6) is 5.75 Å². The van der Waals surface area contributed by atoms with E-state index >= 15 is 0 Å². The third-order valence-corrected chi connectivity index (χ3v) is 7.32. The lowest BCUT2D eigenvalue weighted by Gasteiger charge is -2.72. The maximum atomic E-state index is 11.8. The molecule has 1 aliphatic heterocycles. The van der Waals surface area contributed by atoms with E-state index in [-0.39, 0.29) is 22.6 Å². The summed E-state index contributed by atoms with van der Waals surface area (Å²) in [6.07, 6.45) is 0. The molecule has 0 spiro atoms. The molecule has 0 unspecified atom stereocenters. The average molecular weight is 381 g/mol. The van der Waals surface area contributed by atoms with Gasteiger partial charge in [0, 0.05) is 48.7 Å². The van der Waals surface area contributed by atoms with Crippen LogP contribution in [0.2, 0.25) is 0 Å². The second-order valence-electron chi connectivity index (χ2n) is 9.46. The van der Waals surface area contributed by atoms with Crippen molar-refractivity contribution in [3.63, 3.8) is 0 Å². The molecule has 4 rings (SSSR count). The fourth-order valence-corrected chi connectivity index (χ4v) is 6.29. The second-order valence-corrected chi connectivity index (χ2v) is 9.46. The Hall–Kier alpha value is -2.04. The summed E-state index contributed by atoms with van der Waals surface area (Å²) in [5, 5.41) is 21.5. The van der Waals surface area contributed by atoms with Crippen LogP contribution in [0.3, 0.4) is 0 Å². The summed E-state index contributed by atoms with van der Waals surface area (Å²) in [5.74, 6) is 0.232. The van der Waals surface area contributed by atoms with Crippen LogP contribution in [0.15, 0.2) is 54.6 Å². The second kappa shape index (κ2) is 6.50. The summed E-state index contributed by atoms with van der Waals surface area (Å²) < 4.78 is 0. The molecule has 2 aromatic carbocycles. The molecule has 2 N–H and O–H groups in total. The van der Waals surface area contributed by atoms with Gasteiger partial charge < -0.3 is 15.1 Å². The number of phenolic OH excluding ortho intramolecular Hbond substituents is 1. The average Bonchev–Trinajstić information content (AvgIpc) is 2.68. The molecule has 1 saturated carbocycles. The molecular weight excluding hydrogens is 348 g/mol. The summed E-state index contributed by atoms with van der Waals surface area (Å²) in [7, 11) is 0. The number of hydrogen-bond acceptors (Lipinski definition) is 4. The Morgan fingerprint density at radius 3 is 1.86 bits per heavy atom. The third kappa shape index (κ3) is 2.58. The van der Waals surface area contributed by atoms with E-state index in [0.717, 1.165) is 31.7 Å². The summed E-state index contributed by atoms with van der Waals surface area (Å²) in [5.41, 5.74) is 0.661. The summed E-state index contributed by atoms with van der Waals surface area (Å²) in [4.78, 5) is 5.01. The topological polar surface area (TPSA) is 46.9 Å². The normalized spacial score (nSPS) is 29.3. The fourth-order valence-electron chi connectivity index (χ4n) is 6.29. The van der Waals surface area contributed by atoms with E-state index in [1.54, 1.807) is 12.1 Å². The van der Waals surface area contributed by atoms with Gasteiger partial charge in [-0.1, -0.05) is 58.0 Å². The van der Waals surface area contributed by atoms with E-state index in [0.29, 0.717) is 0 Å². The first-order valence-corrected chi connectivity index (χ1v) is 10.3. The molecule has 2 fully saturated rings. The van der Waals surface area contributed by atoms with E-state index in [2.05, 4.69) is 67.8 Å². The number of rotatable bonds is 3. The van der Waals surface area contributed by atoms with Crippen LogP contribution < -0.4 is 4.90 Å². The third-order valence-electron chi connectivity index (χ3n) is 7.32. The highest BCUT2D eigenvalue weighted by molar-refractivity contribution is 5.46. The first kappa shape index (κ1) is 19.3. The Morgan fingerprint density at radius 2 is 1.32 bits per heavy atom. The Bertz CT molecular complexity index is 805. The zero-order chi connectivity index (χ0) is 20.2.